The lowest BCUT2D eigenvalue weighted by molar-refractivity contribution is 0.177. The number of rotatable bonds is 16. The summed E-state index contributed by atoms with van der Waals surface area (Å²) in [5.74, 6) is 3.44. The van der Waals surface area contributed by atoms with Gasteiger partial charge in [0.2, 0.25) is 0 Å². The summed E-state index contributed by atoms with van der Waals surface area (Å²) < 4.78 is 6.13. The van der Waals surface area contributed by atoms with Crippen LogP contribution in [0.25, 0.3) is 11.4 Å². The van der Waals surface area contributed by atoms with E-state index in [2.05, 4.69) is 48.1 Å². The van der Waals surface area contributed by atoms with Crippen LogP contribution in [0.3, 0.4) is 0 Å². The highest BCUT2D eigenvalue weighted by Crippen LogP contribution is 2.32. The first-order valence-corrected chi connectivity index (χ1v) is 14.3. The molecule has 0 saturated heterocycles. The van der Waals surface area contributed by atoms with Crippen molar-refractivity contribution in [3.05, 3.63) is 42.2 Å². The largest absolute Gasteiger partial charge is 0.493 e. The number of hydrogen-bond acceptors (Lipinski definition) is 3. The number of unbranched alkanes of at least 4 members (excludes halogenated alkanes) is 8. The van der Waals surface area contributed by atoms with E-state index in [9.17, 15) is 0 Å². The Labute approximate surface area is 209 Å². The van der Waals surface area contributed by atoms with E-state index in [4.69, 9.17) is 4.74 Å². The molecule has 3 rings (SSSR count). The van der Waals surface area contributed by atoms with Crippen molar-refractivity contribution in [1.29, 1.82) is 0 Å². The minimum Gasteiger partial charge on any atom is -0.493 e. The molecule has 188 valence electrons. The Morgan fingerprint density at radius 1 is 0.706 bits per heavy atom. The van der Waals surface area contributed by atoms with Crippen LogP contribution in [-0.4, -0.2) is 16.6 Å². The molecule has 0 atom stereocenters. The molecule has 0 bridgehead atoms. The van der Waals surface area contributed by atoms with Gasteiger partial charge in [0.05, 0.1) is 6.61 Å². The van der Waals surface area contributed by atoms with E-state index >= 15 is 0 Å². The van der Waals surface area contributed by atoms with Crippen LogP contribution in [0.1, 0.15) is 116 Å². The molecule has 2 aromatic rings. The lowest BCUT2D eigenvalue weighted by Gasteiger charge is -2.28. The average molecular weight is 465 g/mol. The summed E-state index contributed by atoms with van der Waals surface area (Å²) in [6.45, 7) is 5.42. The second-order valence-corrected chi connectivity index (χ2v) is 10.5. The van der Waals surface area contributed by atoms with Gasteiger partial charge in [-0.15, -0.1) is 0 Å². The zero-order valence-electron chi connectivity index (χ0n) is 21.9. The van der Waals surface area contributed by atoms with E-state index in [0.717, 1.165) is 36.1 Å². The van der Waals surface area contributed by atoms with Crippen molar-refractivity contribution >= 4 is 0 Å². The molecule has 0 unspecified atom stereocenters. The fourth-order valence-corrected chi connectivity index (χ4v) is 5.20. The Balaban J connectivity index is 1.34. The second kappa shape index (κ2) is 15.9. The summed E-state index contributed by atoms with van der Waals surface area (Å²) in [6.07, 6.45) is 25.5. The number of hydrogen-bond donors (Lipinski definition) is 0. The number of ether oxygens (including phenoxy) is 1. The van der Waals surface area contributed by atoms with Crippen LogP contribution in [0, 0.1) is 11.8 Å². The van der Waals surface area contributed by atoms with E-state index in [1.165, 1.54) is 102 Å². The van der Waals surface area contributed by atoms with Crippen molar-refractivity contribution in [3.63, 3.8) is 0 Å². The third-order valence-electron chi connectivity index (χ3n) is 7.55. The normalized spacial score (nSPS) is 18.2. The molecular formula is C31H48N2O. The Kier molecular flexibility index (Phi) is 12.5. The van der Waals surface area contributed by atoms with Gasteiger partial charge < -0.3 is 4.74 Å². The summed E-state index contributed by atoms with van der Waals surface area (Å²) in [6, 6.07) is 8.32. The molecule has 3 heteroatoms. The Morgan fingerprint density at radius 2 is 1.29 bits per heavy atom. The molecule has 1 saturated carbocycles. The third kappa shape index (κ3) is 9.76. The Morgan fingerprint density at radius 3 is 1.97 bits per heavy atom. The first kappa shape index (κ1) is 26.7. The third-order valence-corrected chi connectivity index (χ3v) is 7.55. The van der Waals surface area contributed by atoms with Gasteiger partial charge in [-0.25, -0.2) is 9.97 Å². The number of nitrogens with zero attached hydrogens (tertiary/aromatic N) is 2. The maximum atomic E-state index is 6.13. The van der Waals surface area contributed by atoms with Crippen molar-refractivity contribution in [1.82, 2.24) is 9.97 Å². The highest BCUT2D eigenvalue weighted by Gasteiger charge is 2.21. The van der Waals surface area contributed by atoms with Crippen LogP contribution in [-0.2, 0) is 6.42 Å². The summed E-state index contributed by atoms with van der Waals surface area (Å²) in [5.41, 5.74) is 2.31. The van der Waals surface area contributed by atoms with Crippen molar-refractivity contribution in [2.45, 2.75) is 117 Å². The lowest BCUT2D eigenvalue weighted by atomic mass is 9.80. The van der Waals surface area contributed by atoms with Crippen LogP contribution in [0.2, 0.25) is 0 Å². The Hall–Kier alpha value is -1.90. The van der Waals surface area contributed by atoms with Gasteiger partial charge in [-0.05, 0) is 67.3 Å². The van der Waals surface area contributed by atoms with Crippen molar-refractivity contribution in [2.75, 3.05) is 6.61 Å². The van der Waals surface area contributed by atoms with Crippen molar-refractivity contribution in [3.8, 4) is 17.1 Å². The van der Waals surface area contributed by atoms with Crippen LogP contribution in [0.15, 0.2) is 36.7 Å². The van der Waals surface area contributed by atoms with Gasteiger partial charge in [-0.1, -0.05) is 90.9 Å². The molecule has 0 spiro atoms. The van der Waals surface area contributed by atoms with Crippen LogP contribution >= 0.6 is 0 Å². The highest BCUT2D eigenvalue weighted by molar-refractivity contribution is 5.55. The number of aromatic nitrogens is 2. The maximum absolute atomic E-state index is 6.13. The molecule has 1 aromatic heterocycles. The van der Waals surface area contributed by atoms with Gasteiger partial charge in [0.15, 0.2) is 5.82 Å². The fraction of sp³-hybridized carbons (Fsp3) is 0.677. The smallest absolute Gasteiger partial charge is 0.159 e. The molecule has 1 aromatic carbocycles. The van der Waals surface area contributed by atoms with E-state index in [0.29, 0.717) is 5.92 Å². The molecule has 0 radical (unpaired) electrons. The van der Waals surface area contributed by atoms with Crippen LogP contribution in [0.5, 0.6) is 5.75 Å². The molecule has 1 fully saturated rings. The van der Waals surface area contributed by atoms with Crippen LogP contribution in [0.4, 0.5) is 0 Å². The molecule has 0 aliphatic heterocycles. The Bertz CT molecular complexity index is 763. The quantitative estimate of drug-likeness (QED) is 0.232. The first-order valence-electron chi connectivity index (χ1n) is 14.3. The molecule has 34 heavy (non-hydrogen) atoms. The van der Waals surface area contributed by atoms with Crippen LogP contribution < -0.4 is 4.74 Å². The summed E-state index contributed by atoms with van der Waals surface area (Å²) in [5, 5.41) is 0. The standard InChI is InChI=1S/C31H48N2O/c1-3-5-7-8-9-10-12-14-28-23-32-31(33-24-28)29-19-21-30(22-20-29)34-25-27-17-15-26(16-18-27)13-11-6-4-2/h19-24,26-27H,3-18,25H2,1-2H3. The lowest BCUT2D eigenvalue weighted by Crippen LogP contribution is -2.20. The highest BCUT2D eigenvalue weighted by atomic mass is 16.5. The van der Waals surface area contributed by atoms with E-state index < -0.39 is 0 Å². The zero-order valence-corrected chi connectivity index (χ0v) is 21.9. The number of benzene rings is 1. The minimum atomic E-state index is 0.717. The molecular weight excluding hydrogens is 416 g/mol. The summed E-state index contributed by atoms with van der Waals surface area (Å²) >= 11 is 0. The van der Waals surface area contributed by atoms with E-state index in [-0.39, 0.29) is 0 Å². The monoisotopic (exact) mass is 464 g/mol. The maximum Gasteiger partial charge on any atom is 0.159 e. The predicted molar refractivity (Wildman–Crippen MR) is 144 cm³/mol. The minimum absolute atomic E-state index is 0.717. The van der Waals surface area contributed by atoms with Gasteiger partial charge in [-0.3, -0.25) is 0 Å². The molecule has 1 aliphatic rings. The molecule has 3 nitrogen and oxygen atoms in total. The number of aryl methyl sites for hydroxylation is 1. The van der Waals surface area contributed by atoms with Gasteiger partial charge in [0.1, 0.15) is 5.75 Å². The first-order chi connectivity index (χ1) is 16.8. The van der Waals surface area contributed by atoms with Crippen molar-refractivity contribution in [2.24, 2.45) is 11.8 Å². The summed E-state index contributed by atoms with van der Waals surface area (Å²) in [4.78, 5) is 9.24. The van der Waals surface area contributed by atoms with E-state index in [1.807, 2.05) is 12.4 Å². The summed E-state index contributed by atoms with van der Waals surface area (Å²) in [7, 11) is 0. The zero-order chi connectivity index (χ0) is 23.8. The molecule has 1 heterocycles. The van der Waals surface area contributed by atoms with Gasteiger partial charge in [-0.2, -0.15) is 0 Å². The average Bonchev–Trinajstić information content (AvgIpc) is 2.88. The fourth-order valence-electron chi connectivity index (χ4n) is 5.20. The van der Waals surface area contributed by atoms with Gasteiger partial charge in [0, 0.05) is 18.0 Å². The molecule has 0 amide bonds. The van der Waals surface area contributed by atoms with Gasteiger partial charge in [0.25, 0.3) is 0 Å². The van der Waals surface area contributed by atoms with Crippen molar-refractivity contribution < 1.29 is 4.74 Å². The second-order valence-electron chi connectivity index (χ2n) is 10.5. The topological polar surface area (TPSA) is 35.0 Å². The molecule has 0 N–H and O–H groups in total. The SMILES string of the molecule is CCCCCCCCCc1cnc(-c2ccc(OCC3CCC(CCCCC)CC3)cc2)nc1. The van der Waals surface area contributed by atoms with Gasteiger partial charge >= 0.3 is 0 Å². The predicted octanol–water partition coefficient (Wildman–Crippen LogP) is 9.20. The van der Waals surface area contributed by atoms with E-state index in [1.54, 1.807) is 0 Å². The molecule has 1 aliphatic carbocycles.